The highest BCUT2D eigenvalue weighted by molar-refractivity contribution is 9.10. The van der Waals surface area contributed by atoms with E-state index in [9.17, 15) is 8.42 Å². The van der Waals surface area contributed by atoms with Gasteiger partial charge in [0.05, 0.1) is 4.90 Å². The standard InChI is InChI=1S/C11H17BrN2O3S/c1-11(2,7-15)6-14-18(16,17)10-5-8(13)3-4-9(10)12/h3-5,14-15H,6-7,13H2,1-2H3. The molecule has 18 heavy (non-hydrogen) atoms. The van der Waals surface area contributed by atoms with Crippen LogP contribution in [0.25, 0.3) is 0 Å². The molecule has 1 aromatic carbocycles. The van der Waals surface area contributed by atoms with Crippen molar-refractivity contribution in [3.05, 3.63) is 22.7 Å². The number of rotatable bonds is 5. The average molecular weight is 337 g/mol. The first-order chi connectivity index (χ1) is 8.18. The minimum atomic E-state index is -3.64. The lowest BCUT2D eigenvalue weighted by Crippen LogP contribution is -2.36. The van der Waals surface area contributed by atoms with E-state index in [1.807, 2.05) is 0 Å². The van der Waals surface area contributed by atoms with Gasteiger partial charge in [0.1, 0.15) is 0 Å². The Balaban J connectivity index is 2.97. The molecular formula is C11H17BrN2O3S. The van der Waals surface area contributed by atoms with Gasteiger partial charge < -0.3 is 10.8 Å². The Morgan fingerprint density at radius 1 is 1.44 bits per heavy atom. The van der Waals surface area contributed by atoms with Gasteiger partial charge in [-0.3, -0.25) is 0 Å². The van der Waals surface area contributed by atoms with E-state index in [0.717, 1.165) is 0 Å². The number of hydrogen-bond donors (Lipinski definition) is 3. The molecule has 0 heterocycles. The van der Waals surface area contributed by atoms with Gasteiger partial charge in [0, 0.05) is 28.7 Å². The highest BCUT2D eigenvalue weighted by atomic mass is 79.9. The van der Waals surface area contributed by atoms with Crippen LogP contribution in [0, 0.1) is 5.41 Å². The molecule has 0 aliphatic heterocycles. The molecule has 0 aliphatic carbocycles. The highest BCUT2D eigenvalue weighted by Gasteiger charge is 2.23. The van der Waals surface area contributed by atoms with Gasteiger partial charge in [-0.2, -0.15) is 0 Å². The molecule has 7 heteroatoms. The first-order valence-corrected chi connectivity index (χ1v) is 7.61. The van der Waals surface area contributed by atoms with Gasteiger partial charge in [-0.1, -0.05) is 13.8 Å². The topological polar surface area (TPSA) is 92.4 Å². The highest BCUT2D eigenvalue weighted by Crippen LogP contribution is 2.24. The summed E-state index contributed by atoms with van der Waals surface area (Å²) in [5, 5.41) is 9.10. The summed E-state index contributed by atoms with van der Waals surface area (Å²) in [4.78, 5) is 0.0937. The molecule has 0 atom stereocenters. The van der Waals surface area contributed by atoms with Crippen molar-refractivity contribution in [3.8, 4) is 0 Å². The Morgan fingerprint density at radius 2 is 2.06 bits per heavy atom. The van der Waals surface area contributed by atoms with Crippen molar-refractivity contribution in [3.63, 3.8) is 0 Å². The molecule has 102 valence electrons. The quantitative estimate of drug-likeness (QED) is 0.707. The second-order valence-corrected chi connectivity index (χ2v) is 7.43. The van der Waals surface area contributed by atoms with Gasteiger partial charge in [-0.25, -0.2) is 13.1 Å². The van der Waals surface area contributed by atoms with Crippen molar-refractivity contribution < 1.29 is 13.5 Å². The Bertz CT molecular complexity index is 529. The van der Waals surface area contributed by atoms with Crippen LogP contribution in [-0.2, 0) is 10.0 Å². The van der Waals surface area contributed by atoms with E-state index in [2.05, 4.69) is 20.7 Å². The third-order valence-corrected chi connectivity index (χ3v) is 4.81. The van der Waals surface area contributed by atoms with E-state index >= 15 is 0 Å². The maximum absolute atomic E-state index is 12.1. The smallest absolute Gasteiger partial charge is 0.241 e. The van der Waals surface area contributed by atoms with E-state index < -0.39 is 15.4 Å². The predicted molar refractivity (Wildman–Crippen MR) is 74.6 cm³/mol. The number of nitrogen functional groups attached to an aromatic ring is 1. The Kier molecular flexibility index (Phi) is 4.77. The third-order valence-electron chi connectivity index (χ3n) is 2.41. The molecule has 0 spiro atoms. The SMILES string of the molecule is CC(C)(CO)CNS(=O)(=O)c1cc(N)ccc1Br. The van der Waals surface area contributed by atoms with Gasteiger partial charge in [0.15, 0.2) is 0 Å². The fraction of sp³-hybridized carbons (Fsp3) is 0.455. The number of nitrogens with one attached hydrogen (secondary N) is 1. The summed E-state index contributed by atoms with van der Waals surface area (Å²) in [6, 6.07) is 4.58. The molecule has 5 nitrogen and oxygen atoms in total. The molecule has 4 N–H and O–H groups in total. The lowest BCUT2D eigenvalue weighted by atomic mass is 9.96. The van der Waals surface area contributed by atoms with Gasteiger partial charge in [0.25, 0.3) is 0 Å². The van der Waals surface area contributed by atoms with E-state index in [0.29, 0.717) is 10.2 Å². The van der Waals surface area contributed by atoms with Crippen LogP contribution >= 0.6 is 15.9 Å². The number of anilines is 1. The van der Waals surface area contributed by atoms with Crippen molar-refractivity contribution in [2.75, 3.05) is 18.9 Å². The molecule has 0 unspecified atom stereocenters. The average Bonchev–Trinajstić information content (AvgIpc) is 2.30. The molecule has 0 amide bonds. The van der Waals surface area contributed by atoms with E-state index in [1.165, 1.54) is 6.07 Å². The largest absolute Gasteiger partial charge is 0.399 e. The predicted octanol–water partition coefficient (Wildman–Crippen LogP) is 1.33. The zero-order valence-corrected chi connectivity index (χ0v) is 12.7. The zero-order valence-electron chi connectivity index (χ0n) is 10.3. The molecule has 0 saturated heterocycles. The fourth-order valence-electron chi connectivity index (χ4n) is 1.15. The van der Waals surface area contributed by atoms with E-state index in [4.69, 9.17) is 10.8 Å². The van der Waals surface area contributed by atoms with Gasteiger partial charge in [0.2, 0.25) is 10.0 Å². The first kappa shape index (κ1) is 15.4. The number of hydrogen-bond acceptors (Lipinski definition) is 4. The minimum absolute atomic E-state index is 0.0937. The van der Waals surface area contributed by atoms with Crippen molar-refractivity contribution >= 4 is 31.6 Å². The number of aliphatic hydroxyl groups is 1. The van der Waals surface area contributed by atoms with Crippen molar-refractivity contribution in [1.29, 1.82) is 0 Å². The monoisotopic (exact) mass is 336 g/mol. The first-order valence-electron chi connectivity index (χ1n) is 5.33. The summed E-state index contributed by atoms with van der Waals surface area (Å²) in [7, 11) is -3.64. The molecule has 1 aromatic rings. The minimum Gasteiger partial charge on any atom is -0.399 e. The van der Waals surface area contributed by atoms with Crippen LogP contribution in [0.4, 0.5) is 5.69 Å². The molecule has 0 bridgehead atoms. The zero-order chi connectivity index (χ0) is 14.0. The second kappa shape index (κ2) is 5.56. The number of nitrogens with two attached hydrogens (primary N) is 1. The van der Waals surface area contributed by atoms with Gasteiger partial charge in [-0.15, -0.1) is 0 Å². The van der Waals surface area contributed by atoms with Gasteiger partial charge in [-0.05, 0) is 34.1 Å². The maximum Gasteiger partial charge on any atom is 0.241 e. The Hall–Kier alpha value is -0.630. The molecule has 0 aromatic heterocycles. The van der Waals surface area contributed by atoms with Crippen LogP contribution in [-0.4, -0.2) is 26.7 Å². The van der Waals surface area contributed by atoms with Crippen molar-refractivity contribution in [2.24, 2.45) is 5.41 Å². The van der Waals surface area contributed by atoms with Crippen LogP contribution in [0.5, 0.6) is 0 Å². The van der Waals surface area contributed by atoms with Crippen LogP contribution in [0.1, 0.15) is 13.8 Å². The van der Waals surface area contributed by atoms with Crippen molar-refractivity contribution in [1.82, 2.24) is 4.72 Å². The number of benzene rings is 1. The lowest BCUT2D eigenvalue weighted by Gasteiger charge is -2.22. The van der Waals surface area contributed by atoms with E-state index in [1.54, 1.807) is 26.0 Å². The maximum atomic E-state index is 12.1. The molecule has 1 rings (SSSR count). The molecule has 0 fully saturated rings. The number of halogens is 1. The summed E-state index contributed by atoms with van der Waals surface area (Å²) in [6.07, 6.45) is 0. The number of aliphatic hydroxyl groups excluding tert-OH is 1. The lowest BCUT2D eigenvalue weighted by molar-refractivity contribution is 0.163. The summed E-state index contributed by atoms with van der Waals surface area (Å²) in [5.74, 6) is 0. The van der Waals surface area contributed by atoms with Crippen LogP contribution in [0.2, 0.25) is 0 Å². The third kappa shape index (κ3) is 3.94. The molecule has 0 saturated carbocycles. The van der Waals surface area contributed by atoms with Crippen LogP contribution in [0.3, 0.4) is 0 Å². The van der Waals surface area contributed by atoms with Crippen molar-refractivity contribution in [2.45, 2.75) is 18.7 Å². The Labute approximate surface area is 116 Å². The normalized spacial score (nSPS) is 12.7. The van der Waals surface area contributed by atoms with Crippen LogP contribution in [0.15, 0.2) is 27.6 Å². The molecule has 0 aliphatic rings. The Morgan fingerprint density at radius 3 is 2.61 bits per heavy atom. The van der Waals surface area contributed by atoms with Gasteiger partial charge >= 0.3 is 0 Å². The van der Waals surface area contributed by atoms with Crippen LogP contribution < -0.4 is 10.5 Å². The second-order valence-electron chi connectivity index (χ2n) is 4.84. The molecule has 0 radical (unpaired) electrons. The van der Waals surface area contributed by atoms with E-state index in [-0.39, 0.29) is 18.0 Å². The number of sulfonamides is 1. The summed E-state index contributed by atoms with van der Waals surface area (Å²) >= 11 is 3.18. The fourth-order valence-corrected chi connectivity index (χ4v) is 3.39. The molecular weight excluding hydrogens is 320 g/mol. The summed E-state index contributed by atoms with van der Waals surface area (Å²) in [5.41, 5.74) is 5.44. The summed E-state index contributed by atoms with van der Waals surface area (Å²) in [6.45, 7) is 3.58. The summed E-state index contributed by atoms with van der Waals surface area (Å²) < 4.78 is 27.1.